The fraction of sp³-hybridized carbons (Fsp3) is 0.350. The normalized spacial score (nSPS) is 16.2. The van der Waals surface area contributed by atoms with Gasteiger partial charge in [-0.2, -0.15) is 5.10 Å². The second-order valence-electron chi connectivity index (χ2n) is 6.87. The first-order valence-corrected chi connectivity index (χ1v) is 9.47. The van der Waals surface area contributed by atoms with E-state index in [1.807, 2.05) is 30.3 Å². The third-order valence-electron chi connectivity index (χ3n) is 4.87. The van der Waals surface area contributed by atoms with Crippen molar-refractivity contribution in [2.75, 3.05) is 13.1 Å². The Morgan fingerprint density at radius 3 is 2.76 bits per heavy atom. The topological polar surface area (TPSA) is 94.1 Å². The third kappa shape index (κ3) is 4.78. The number of hydrogen-bond donors (Lipinski definition) is 2. The van der Waals surface area contributed by atoms with Crippen molar-refractivity contribution in [1.29, 1.82) is 0 Å². The standard InChI is InChI=1S/C20H23N5O3.ClH/c26-18(22-13-17-9-5-11-28-17)14-24-20(27)25(16-7-2-1-3-8-16)19(23-24)15-6-4-10-21-12-15;/h1-3,5,7-9,11,15,21H,4,6,10,12-14H2,(H,22,26);1H. The fourth-order valence-corrected chi connectivity index (χ4v) is 3.47. The van der Waals surface area contributed by atoms with Gasteiger partial charge in [-0.3, -0.25) is 4.79 Å². The van der Waals surface area contributed by atoms with Gasteiger partial charge in [0.15, 0.2) is 0 Å². The molecule has 1 saturated heterocycles. The molecule has 1 atom stereocenters. The summed E-state index contributed by atoms with van der Waals surface area (Å²) in [6.07, 6.45) is 3.54. The van der Waals surface area contributed by atoms with Gasteiger partial charge in [-0.1, -0.05) is 18.2 Å². The molecule has 0 bridgehead atoms. The lowest BCUT2D eigenvalue weighted by Gasteiger charge is -2.22. The van der Waals surface area contributed by atoms with Gasteiger partial charge in [-0.15, -0.1) is 12.4 Å². The van der Waals surface area contributed by atoms with Gasteiger partial charge in [0, 0.05) is 12.5 Å². The van der Waals surface area contributed by atoms with E-state index in [9.17, 15) is 9.59 Å². The van der Waals surface area contributed by atoms with Crippen LogP contribution in [0.1, 0.15) is 30.3 Å². The van der Waals surface area contributed by atoms with Crippen LogP contribution in [0.15, 0.2) is 57.9 Å². The van der Waals surface area contributed by atoms with Crippen molar-refractivity contribution in [3.8, 4) is 5.69 Å². The van der Waals surface area contributed by atoms with Crippen LogP contribution in [0.2, 0.25) is 0 Å². The lowest BCUT2D eigenvalue weighted by molar-refractivity contribution is -0.122. The Kier molecular flexibility index (Phi) is 6.90. The van der Waals surface area contributed by atoms with E-state index < -0.39 is 0 Å². The van der Waals surface area contributed by atoms with E-state index in [0.29, 0.717) is 11.6 Å². The number of nitrogens with one attached hydrogen (secondary N) is 2. The molecule has 2 N–H and O–H groups in total. The molecule has 3 heterocycles. The monoisotopic (exact) mass is 417 g/mol. The highest BCUT2D eigenvalue weighted by Crippen LogP contribution is 2.22. The third-order valence-corrected chi connectivity index (χ3v) is 4.87. The first-order valence-electron chi connectivity index (χ1n) is 9.47. The van der Waals surface area contributed by atoms with Gasteiger partial charge in [0.2, 0.25) is 5.91 Å². The first-order chi connectivity index (χ1) is 13.7. The molecule has 4 rings (SSSR count). The minimum Gasteiger partial charge on any atom is -0.467 e. The molecular weight excluding hydrogens is 394 g/mol. The van der Waals surface area contributed by atoms with Crippen LogP contribution in [0, 0.1) is 0 Å². The van der Waals surface area contributed by atoms with Crippen LogP contribution in [0.5, 0.6) is 0 Å². The number of para-hydroxylation sites is 1. The predicted octanol–water partition coefficient (Wildman–Crippen LogP) is 1.83. The quantitative estimate of drug-likeness (QED) is 0.638. The van der Waals surface area contributed by atoms with Crippen molar-refractivity contribution in [3.63, 3.8) is 0 Å². The summed E-state index contributed by atoms with van der Waals surface area (Å²) in [6, 6.07) is 13.0. The Morgan fingerprint density at radius 1 is 1.24 bits per heavy atom. The number of carbonyl (C=O) groups excluding carboxylic acids is 1. The molecule has 1 aliphatic heterocycles. The summed E-state index contributed by atoms with van der Waals surface area (Å²) in [7, 11) is 0. The molecule has 3 aromatic rings. The lowest BCUT2D eigenvalue weighted by atomic mass is 9.99. The van der Waals surface area contributed by atoms with Crippen LogP contribution >= 0.6 is 12.4 Å². The van der Waals surface area contributed by atoms with Crippen LogP contribution in [0.25, 0.3) is 5.69 Å². The summed E-state index contributed by atoms with van der Waals surface area (Å²) in [6.45, 7) is 1.89. The number of hydrogen-bond acceptors (Lipinski definition) is 5. The Hall–Kier alpha value is -2.84. The van der Waals surface area contributed by atoms with E-state index in [0.717, 1.165) is 31.6 Å². The molecule has 1 unspecified atom stereocenters. The Morgan fingerprint density at radius 2 is 2.07 bits per heavy atom. The Labute approximate surface area is 174 Å². The summed E-state index contributed by atoms with van der Waals surface area (Å²) in [5.41, 5.74) is 0.454. The molecule has 154 valence electrons. The number of benzene rings is 1. The van der Waals surface area contributed by atoms with Crippen LogP contribution in [-0.4, -0.2) is 33.3 Å². The second-order valence-corrected chi connectivity index (χ2v) is 6.87. The van der Waals surface area contributed by atoms with Gasteiger partial charge in [0.05, 0.1) is 18.5 Å². The highest BCUT2D eigenvalue weighted by molar-refractivity contribution is 5.85. The lowest BCUT2D eigenvalue weighted by Crippen LogP contribution is -2.33. The molecule has 0 spiro atoms. The maximum absolute atomic E-state index is 13.0. The summed E-state index contributed by atoms with van der Waals surface area (Å²) in [4.78, 5) is 25.4. The molecule has 1 aromatic carbocycles. The minimum atomic E-state index is -0.306. The molecule has 2 aromatic heterocycles. The van der Waals surface area contributed by atoms with E-state index in [4.69, 9.17) is 4.42 Å². The second kappa shape index (κ2) is 9.58. The zero-order chi connectivity index (χ0) is 19.3. The molecule has 0 aliphatic carbocycles. The van der Waals surface area contributed by atoms with Crippen molar-refractivity contribution in [2.24, 2.45) is 0 Å². The number of rotatable bonds is 6. The van der Waals surface area contributed by atoms with Crippen molar-refractivity contribution in [3.05, 3.63) is 70.8 Å². The van der Waals surface area contributed by atoms with Crippen LogP contribution < -0.4 is 16.3 Å². The van der Waals surface area contributed by atoms with E-state index in [2.05, 4.69) is 15.7 Å². The molecule has 1 fully saturated rings. The highest BCUT2D eigenvalue weighted by atomic mass is 35.5. The van der Waals surface area contributed by atoms with Gasteiger partial charge < -0.3 is 15.1 Å². The average Bonchev–Trinajstić information content (AvgIpc) is 3.36. The molecule has 1 amide bonds. The number of halogens is 1. The number of carbonyl (C=O) groups is 1. The summed E-state index contributed by atoms with van der Waals surface area (Å²) in [5, 5.41) is 10.7. The zero-order valence-corrected chi connectivity index (χ0v) is 16.7. The summed E-state index contributed by atoms with van der Waals surface area (Å²) in [5.74, 6) is 1.20. The van der Waals surface area contributed by atoms with E-state index in [1.165, 1.54) is 4.68 Å². The van der Waals surface area contributed by atoms with Gasteiger partial charge in [0.25, 0.3) is 0 Å². The van der Waals surface area contributed by atoms with Crippen LogP contribution in [0.3, 0.4) is 0 Å². The van der Waals surface area contributed by atoms with E-state index in [-0.39, 0.29) is 43.0 Å². The predicted molar refractivity (Wildman–Crippen MR) is 110 cm³/mol. The molecule has 1 aliphatic rings. The van der Waals surface area contributed by atoms with Gasteiger partial charge in [-0.05, 0) is 43.7 Å². The maximum atomic E-state index is 13.0. The SMILES string of the molecule is Cl.O=C(Cn1nc(C2CCCNC2)n(-c2ccccc2)c1=O)NCc1ccco1. The molecular formula is C20H24ClN5O3. The molecule has 9 heteroatoms. The van der Waals surface area contributed by atoms with Crippen molar-refractivity contribution < 1.29 is 9.21 Å². The van der Waals surface area contributed by atoms with Gasteiger partial charge in [0.1, 0.15) is 18.1 Å². The Balaban J connectivity index is 0.00000240. The Bertz CT molecular complexity index is 975. The number of amides is 1. The number of aromatic nitrogens is 3. The smallest absolute Gasteiger partial charge is 0.351 e. The number of furan rings is 1. The number of piperidine rings is 1. The molecule has 0 saturated carbocycles. The van der Waals surface area contributed by atoms with E-state index >= 15 is 0 Å². The largest absolute Gasteiger partial charge is 0.467 e. The molecule has 0 radical (unpaired) electrons. The number of nitrogens with zero attached hydrogens (tertiary/aromatic N) is 3. The zero-order valence-electron chi connectivity index (χ0n) is 15.9. The summed E-state index contributed by atoms with van der Waals surface area (Å²) >= 11 is 0. The van der Waals surface area contributed by atoms with Crippen LogP contribution in [0.4, 0.5) is 0 Å². The van der Waals surface area contributed by atoms with Crippen molar-refractivity contribution >= 4 is 18.3 Å². The van der Waals surface area contributed by atoms with Crippen molar-refractivity contribution in [2.45, 2.75) is 31.8 Å². The maximum Gasteiger partial charge on any atom is 0.351 e. The average molecular weight is 418 g/mol. The summed E-state index contributed by atoms with van der Waals surface area (Å²) < 4.78 is 8.08. The minimum absolute atomic E-state index is 0. The fourth-order valence-electron chi connectivity index (χ4n) is 3.47. The van der Waals surface area contributed by atoms with E-state index in [1.54, 1.807) is 23.0 Å². The highest BCUT2D eigenvalue weighted by Gasteiger charge is 2.25. The molecule has 29 heavy (non-hydrogen) atoms. The van der Waals surface area contributed by atoms with Gasteiger partial charge in [-0.25, -0.2) is 14.0 Å². The first kappa shape index (κ1) is 20.9. The van der Waals surface area contributed by atoms with Gasteiger partial charge >= 0.3 is 5.69 Å². The van der Waals surface area contributed by atoms with Crippen LogP contribution in [-0.2, 0) is 17.9 Å². The molecule has 8 nitrogen and oxygen atoms in total. The van der Waals surface area contributed by atoms with Crippen molar-refractivity contribution in [1.82, 2.24) is 25.0 Å².